The first kappa shape index (κ1) is 19.3. The number of nitrogens with zero attached hydrogens (tertiary/aromatic N) is 1. The molecule has 1 aromatic heterocycles. The Morgan fingerprint density at radius 3 is 2.88 bits per heavy atom. The minimum Gasteiger partial charge on any atom is -0.361 e. The lowest BCUT2D eigenvalue weighted by Crippen LogP contribution is -2.41. The number of ether oxygens (including phenoxy) is 1. The Labute approximate surface area is 186 Å². The van der Waals surface area contributed by atoms with E-state index < -0.39 is 17.4 Å². The third-order valence-electron chi connectivity index (χ3n) is 7.13. The first-order chi connectivity index (χ1) is 15.5. The molecule has 2 fully saturated rings. The van der Waals surface area contributed by atoms with Gasteiger partial charge in [0, 0.05) is 29.3 Å². The van der Waals surface area contributed by atoms with Crippen molar-refractivity contribution in [2.45, 2.75) is 25.0 Å². The van der Waals surface area contributed by atoms with E-state index in [1.165, 1.54) is 10.9 Å². The Kier molecular flexibility index (Phi) is 4.27. The molecule has 32 heavy (non-hydrogen) atoms. The third kappa shape index (κ3) is 2.90. The number of aromatic nitrogens is 1. The van der Waals surface area contributed by atoms with Crippen LogP contribution in [0.25, 0.3) is 10.9 Å². The summed E-state index contributed by atoms with van der Waals surface area (Å²) in [7, 11) is 0. The van der Waals surface area contributed by atoms with E-state index in [1.807, 2.05) is 66.6 Å². The van der Waals surface area contributed by atoms with Crippen LogP contribution in [0.4, 0.5) is 5.69 Å². The summed E-state index contributed by atoms with van der Waals surface area (Å²) in [6.45, 7) is 3.11. The maximum Gasteiger partial charge on any atom is 0.231 e. The molecule has 6 heteroatoms. The van der Waals surface area contributed by atoms with Gasteiger partial charge in [0.2, 0.25) is 11.8 Å². The summed E-state index contributed by atoms with van der Waals surface area (Å²) in [5, 5.41) is 4.17. The molecule has 3 aromatic rings. The largest absolute Gasteiger partial charge is 0.361 e. The lowest BCUT2D eigenvalue weighted by molar-refractivity contribution is -0.135. The second kappa shape index (κ2) is 7.07. The molecular formula is C26H25N3O3. The van der Waals surface area contributed by atoms with Gasteiger partial charge in [-0.25, -0.2) is 0 Å². The average Bonchev–Trinajstić information content (AvgIpc) is 3.54. The number of amides is 2. The van der Waals surface area contributed by atoms with E-state index in [0.717, 1.165) is 23.2 Å². The van der Waals surface area contributed by atoms with Gasteiger partial charge in [0.1, 0.15) is 5.60 Å². The molecule has 0 unspecified atom stereocenters. The number of H-pyrrole nitrogens is 1. The summed E-state index contributed by atoms with van der Waals surface area (Å²) < 4.78 is 6.24. The minimum absolute atomic E-state index is 0.0146. The van der Waals surface area contributed by atoms with Gasteiger partial charge in [-0.15, -0.1) is 0 Å². The highest BCUT2D eigenvalue weighted by atomic mass is 16.5. The van der Waals surface area contributed by atoms with E-state index in [4.69, 9.17) is 4.74 Å². The van der Waals surface area contributed by atoms with Gasteiger partial charge in [-0.05, 0) is 37.1 Å². The van der Waals surface area contributed by atoms with E-state index in [0.29, 0.717) is 13.1 Å². The number of anilines is 1. The monoisotopic (exact) mass is 427 g/mol. The summed E-state index contributed by atoms with van der Waals surface area (Å²) in [5.41, 5.74) is 3.48. The number of benzene rings is 2. The predicted octanol–water partition coefficient (Wildman–Crippen LogP) is 3.44. The van der Waals surface area contributed by atoms with Crippen LogP contribution in [0, 0.1) is 18.8 Å². The zero-order valence-electron chi connectivity index (χ0n) is 17.9. The van der Waals surface area contributed by atoms with Crippen molar-refractivity contribution < 1.29 is 14.3 Å². The Balaban J connectivity index is 1.20. The number of para-hydroxylation sites is 1. The van der Waals surface area contributed by atoms with Gasteiger partial charge < -0.3 is 19.9 Å². The summed E-state index contributed by atoms with van der Waals surface area (Å²) in [4.78, 5) is 31.8. The molecule has 2 saturated heterocycles. The fraction of sp³-hybridized carbons (Fsp3) is 0.308. The first-order valence-electron chi connectivity index (χ1n) is 11.1. The molecule has 2 N–H and O–H groups in total. The standard InChI is InChI=1S/C26H25N3O3/c1-16-6-8-18(9-7-16)28-24(30)22-21-10-12-26(32-21)15-29(25(31)23(22)26)13-11-17-14-27-20-5-3-2-4-19(17)20/h2-10,12,14,21-23,27H,11,13,15H2,1H3,(H,28,30)/t21-,22-,23-,26-/m1/s1. The average molecular weight is 428 g/mol. The van der Waals surface area contributed by atoms with Crippen LogP contribution in [-0.4, -0.2) is 46.5 Å². The number of hydrogen-bond acceptors (Lipinski definition) is 3. The fourth-order valence-corrected chi connectivity index (χ4v) is 5.52. The number of fused-ring (bicyclic) bond motifs is 2. The zero-order valence-corrected chi connectivity index (χ0v) is 17.9. The molecule has 162 valence electrons. The van der Waals surface area contributed by atoms with Gasteiger partial charge >= 0.3 is 0 Å². The zero-order chi connectivity index (χ0) is 21.9. The second-order valence-electron chi connectivity index (χ2n) is 9.12. The molecular weight excluding hydrogens is 402 g/mol. The van der Waals surface area contributed by atoms with Gasteiger partial charge in [0.25, 0.3) is 0 Å². The van der Waals surface area contributed by atoms with E-state index in [9.17, 15) is 9.59 Å². The topological polar surface area (TPSA) is 74.4 Å². The Morgan fingerprint density at radius 2 is 2.03 bits per heavy atom. The molecule has 2 aromatic carbocycles. The van der Waals surface area contributed by atoms with E-state index in [1.54, 1.807) is 0 Å². The Hall–Kier alpha value is -3.38. The minimum atomic E-state index is -0.683. The number of likely N-dealkylation sites (tertiary alicyclic amines) is 1. The van der Waals surface area contributed by atoms with Crippen molar-refractivity contribution >= 4 is 28.4 Å². The molecule has 6 rings (SSSR count). The Bertz CT molecular complexity index is 1240. The van der Waals surface area contributed by atoms with Crippen molar-refractivity contribution in [2.24, 2.45) is 11.8 Å². The van der Waals surface area contributed by atoms with Crippen molar-refractivity contribution in [1.82, 2.24) is 9.88 Å². The number of hydrogen-bond donors (Lipinski definition) is 2. The van der Waals surface area contributed by atoms with Crippen LogP contribution in [0.3, 0.4) is 0 Å². The number of carbonyl (C=O) groups is 2. The van der Waals surface area contributed by atoms with Crippen LogP contribution >= 0.6 is 0 Å². The molecule has 4 atom stereocenters. The van der Waals surface area contributed by atoms with Crippen LogP contribution in [0.2, 0.25) is 0 Å². The molecule has 6 nitrogen and oxygen atoms in total. The van der Waals surface area contributed by atoms with Crippen molar-refractivity contribution in [1.29, 1.82) is 0 Å². The summed E-state index contributed by atoms with van der Waals surface area (Å²) in [6.07, 6.45) is 6.38. The van der Waals surface area contributed by atoms with E-state index in [-0.39, 0.29) is 17.9 Å². The van der Waals surface area contributed by atoms with Gasteiger partial charge in [0.05, 0.1) is 24.5 Å². The number of rotatable bonds is 5. The van der Waals surface area contributed by atoms with Crippen molar-refractivity contribution in [3.05, 3.63) is 78.0 Å². The smallest absolute Gasteiger partial charge is 0.231 e. The number of aromatic amines is 1. The molecule has 4 heterocycles. The lowest BCUT2D eigenvalue weighted by atomic mass is 9.77. The fourth-order valence-electron chi connectivity index (χ4n) is 5.52. The first-order valence-corrected chi connectivity index (χ1v) is 11.1. The molecule has 0 radical (unpaired) electrons. The van der Waals surface area contributed by atoms with Crippen LogP contribution in [0.15, 0.2) is 66.9 Å². The predicted molar refractivity (Wildman–Crippen MR) is 122 cm³/mol. The van der Waals surface area contributed by atoms with Gasteiger partial charge in [-0.3, -0.25) is 9.59 Å². The molecule has 2 amide bonds. The van der Waals surface area contributed by atoms with Crippen LogP contribution < -0.4 is 5.32 Å². The highest BCUT2D eigenvalue weighted by Crippen LogP contribution is 2.52. The highest BCUT2D eigenvalue weighted by Gasteiger charge is 2.66. The van der Waals surface area contributed by atoms with E-state index >= 15 is 0 Å². The number of nitrogens with one attached hydrogen (secondary N) is 2. The molecule has 3 aliphatic heterocycles. The summed E-state index contributed by atoms with van der Waals surface area (Å²) in [6, 6.07) is 15.9. The molecule has 0 aliphatic carbocycles. The molecule has 2 bridgehead atoms. The van der Waals surface area contributed by atoms with Crippen LogP contribution in [-0.2, 0) is 20.7 Å². The number of carbonyl (C=O) groups excluding carboxylic acids is 2. The summed E-state index contributed by atoms with van der Waals surface area (Å²) in [5.74, 6) is -1.11. The maximum atomic E-state index is 13.4. The number of aryl methyl sites for hydroxylation is 1. The normalized spacial score (nSPS) is 28.0. The van der Waals surface area contributed by atoms with Crippen molar-refractivity contribution in [3.8, 4) is 0 Å². The van der Waals surface area contributed by atoms with E-state index in [2.05, 4.69) is 22.4 Å². The highest BCUT2D eigenvalue weighted by molar-refractivity contribution is 5.99. The summed E-state index contributed by atoms with van der Waals surface area (Å²) >= 11 is 0. The third-order valence-corrected chi connectivity index (χ3v) is 7.13. The van der Waals surface area contributed by atoms with Gasteiger partial charge in [-0.2, -0.15) is 0 Å². The Morgan fingerprint density at radius 1 is 1.22 bits per heavy atom. The van der Waals surface area contributed by atoms with Crippen molar-refractivity contribution in [2.75, 3.05) is 18.4 Å². The van der Waals surface area contributed by atoms with Crippen molar-refractivity contribution in [3.63, 3.8) is 0 Å². The van der Waals surface area contributed by atoms with Crippen LogP contribution in [0.1, 0.15) is 11.1 Å². The van der Waals surface area contributed by atoms with Crippen LogP contribution in [0.5, 0.6) is 0 Å². The van der Waals surface area contributed by atoms with Gasteiger partial charge in [0.15, 0.2) is 0 Å². The van der Waals surface area contributed by atoms with Gasteiger partial charge in [-0.1, -0.05) is 48.0 Å². The SMILES string of the molecule is Cc1ccc(NC(=O)[C@@H]2[C@H]3C=C[C@]4(CN(CCc5c[nH]c6ccccc56)C(=O)[C@@H]24)O3)cc1. The maximum absolute atomic E-state index is 13.4. The molecule has 0 saturated carbocycles. The quantitative estimate of drug-likeness (QED) is 0.613. The lowest BCUT2D eigenvalue weighted by Gasteiger charge is -2.23. The molecule has 1 spiro atoms. The second-order valence-corrected chi connectivity index (χ2v) is 9.12. The molecule has 3 aliphatic rings.